The summed E-state index contributed by atoms with van der Waals surface area (Å²) in [5.74, 6) is 0.749. The van der Waals surface area contributed by atoms with Gasteiger partial charge in [-0.3, -0.25) is 0 Å². The fourth-order valence-electron chi connectivity index (χ4n) is 3.01. The lowest BCUT2D eigenvalue weighted by Crippen LogP contribution is -2.24. The number of nitrogens with one attached hydrogen (secondary N) is 1. The standard InChI is InChI=1S/C25H22NO4P/c27-31(28-23-17-9-3-10-18-23,29-24-19-11-4-12-20-24)30-26-25(21-13-5-1-6-14-21)22-15-7-2-8-16-22/h1-20,25-26H. The molecule has 4 aromatic carbocycles. The first-order valence-corrected chi connectivity index (χ1v) is 11.3. The maximum Gasteiger partial charge on any atom is 0.604 e. The minimum absolute atomic E-state index is 0.375. The summed E-state index contributed by atoms with van der Waals surface area (Å²) >= 11 is 0. The number of hydrogen-bond acceptors (Lipinski definition) is 5. The van der Waals surface area contributed by atoms with Gasteiger partial charge in [0, 0.05) is 0 Å². The predicted molar refractivity (Wildman–Crippen MR) is 121 cm³/mol. The highest BCUT2D eigenvalue weighted by Crippen LogP contribution is 2.49. The van der Waals surface area contributed by atoms with Crippen LogP contribution in [0.3, 0.4) is 0 Å². The maximum absolute atomic E-state index is 13.6. The van der Waals surface area contributed by atoms with Crippen molar-refractivity contribution >= 4 is 7.82 Å². The molecule has 31 heavy (non-hydrogen) atoms. The first-order valence-electron chi connectivity index (χ1n) is 9.85. The van der Waals surface area contributed by atoms with Gasteiger partial charge < -0.3 is 9.05 Å². The molecule has 0 aliphatic carbocycles. The molecule has 0 aromatic heterocycles. The number of hydroxylamine groups is 1. The third-order valence-corrected chi connectivity index (χ3v) is 5.67. The third-order valence-electron chi connectivity index (χ3n) is 4.47. The Hall–Kier alpha value is -3.37. The van der Waals surface area contributed by atoms with Crippen LogP contribution in [0.15, 0.2) is 121 Å². The van der Waals surface area contributed by atoms with Gasteiger partial charge in [-0.25, -0.2) is 4.57 Å². The Morgan fingerprint density at radius 1 is 0.548 bits per heavy atom. The lowest BCUT2D eigenvalue weighted by molar-refractivity contribution is 0.117. The first-order chi connectivity index (χ1) is 15.2. The normalized spacial score (nSPS) is 11.3. The fourth-order valence-corrected chi connectivity index (χ4v) is 4.12. The van der Waals surface area contributed by atoms with Crippen LogP contribution in [-0.4, -0.2) is 0 Å². The van der Waals surface area contributed by atoms with Gasteiger partial charge >= 0.3 is 7.82 Å². The van der Waals surface area contributed by atoms with Crippen LogP contribution in [0.25, 0.3) is 0 Å². The van der Waals surface area contributed by atoms with Gasteiger partial charge in [0.15, 0.2) is 0 Å². The van der Waals surface area contributed by atoms with Crippen LogP contribution in [0.1, 0.15) is 17.2 Å². The van der Waals surface area contributed by atoms with Crippen molar-refractivity contribution in [3.05, 3.63) is 132 Å². The van der Waals surface area contributed by atoms with Crippen molar-refractivity contribution < 1.29 is 18.2 Å². The molecule has 4 rings (SSSR count). The molecule has 0 aliphatic rings. The highest BCUT2D eigenvalue weighted by molar-refractivity contribution is 7.49. The number of phosphoric acid groups is 1. The van der Waals surface area contributed by atoms with Crippen LogP contribution >= 0.6 is 7.82 Å². The van der Waals surface area contributed by atoms with Gasteiger partial charge in [-0.2, -0.15) is 10.1 Å². The van der Waals surface area contributed by atoms with Gasteiger partial charge in [-0.05, 0) is 35.4 Å². The molecule has 0 amide bonds. The number of hydrogen-bond donors (Lipinski definition) is 1. The van der Waals surface area contributed by atoms with Crippen molar-refractivity contribution in [2.45, 2.75) is 6.04 Å². The molecule has 1 N–H and O–H groups in total. The van der Waals surface area contributed by atoms with Crippen molar-refractivity contribution in [2.24, 2.45) is 0 Å². The molecular formula is C25H22NO4P. The minimum Gasteiger partial charge on any atom is -0.394 e. The number of benzene rings is 4. The van der Waals surface area contributed by atoms with E-state index in [1.54, 1.807) is 48.5 Å². The molecule has 4 aromatic rings. The average molecular weight is 431 g/mol. The summed E-state index contributed by atoms with van der Waals surface area (Å²) in [6, 6.07) is 36.7. The zero-order valence-electron chi connectivity index (χ0n) is 16.7. The molecule has 6 heteroatoms. The van der Waals surface area contributed by atoms with E-state index in [2.05, 4.69) is 5.48 Å². The van der Waals surface area contributed by atoms with E-state index in [4.69, 9.17) is 13.7 Å². The monoisotopic (exact) mass is 431 g/mol. The largest absolute Gasteiger partial charge is 0.604 e. The van der Waals surface area contributed by atoms with Gasteiger partial charge in [-0.1, -0.05) is 97.1 Å². The molecule has 0 fully saturated rings. The van der Waals surface area contributed by atoms with E-state index in [9.17, 15) is 4.57 Å². The first kappa shape index (κ1) is 20.9. The molecule has 0 heterocycles. The van der Waals surface area contributed by atoms with Crippen molar-refractivity contribution in [1.29, 1.82) is 0 Å². The molecule has 156 valence electrons. The summed E-state index contributed by atoms with van der Waals surface area (Å²) in [6.45, 7) is 0. The Bertz CT molecular complexity index is 1020. The molecule has 5 nitrogen and oxygen atoms in total. The van der Waals surface area contributed by atoms with Crippen molar-refractivity contribution in [3.63, 3.8) is 0 Å². The Labute approximate surface area is 181 Å². The summed E-state index contributed by atoms with van der Waals surface area (Å²) in [6.07, 6.45) is 0. The lowest BCUT2D eigenvalue weighted by atomic mass is 10.00. The Morgan fingerprint density at radius 2 is 0.903 bits per heavy atom. The third kappa shape index (κ3) is 5.83. The molecule has 0 unspecified atom stereocenters. The maximum atomic E-state index is 13.6. The van der Waals surface area contributed by atoms with Gasteiger partial charge in [-0.15, -0.1) is 0 Å². The van der Waals surface area contributed by atoms with E-state index in [-0.39, 0.29) is 6.04 Å². The van der Waals surface area contributed by atoms with E-state index < -0.39 is 7.82 Å². The van der Waals surface area contributed by atoms with Crippen LogP contribution in [0.5, 0.6) is 11.5 Å². The fraction of sp³-hybridized carbons (Fsp3) is 0.0400. The quantitative estimate of drug-likeness (QED) is 0.240. The molecule has 0 saturated carbocycles. The molecule has 0 spiro atoms. The highest BCUT2D eigenvalue weighted by atomic mass is 31.2. The summed E-state index contributed by atoms with van der Waals surface area (Å²) < 4.78 is 30.6. The molecule has 0 aliphatic heterocycles. The van der Waals surface area contributed by atoms with Gasteiger partial charge in [0.05, 0.1) is 6.04 Å². The van der Waals surface area contributed by atoms with Crippen molar-refractivity contribution in [1.82, 2.24) is 5.48 Å². The van der Waals surface area contributed by atoms with Crippen LogP contribution in [0.4, 0.5) is 0 Å². The number of rotatable bonds is 9. The summed E-state index contributed by atoms with van der Waals surface area (Å²) in [5.41, 5.74) is 4.81. The molecule has 0 radical (unpaired) electrons. The van der Waals surface area contributed by atoms with Crippen LogP contribution in [0, 0.1) is 0 Å². The average Bonchev–Trinajstić information content (AvgIpc) is 2.82. The Kier molecular flexibility index (Phi) is 6.80. The molecule has 0 saturated heterocycles. The highest BCUT2D eigenvalue weighted by Gasteiger charge is 2.33. The van der Waals surface area contributed by atoms with E-state index in [1.165, 1.54) is 0 Å². The van der Waals surface area contributed by atoms with Crippen LogP contribution in [-0.2, 0) is 9.19 Å². The zero-order chi connectivity index (χ0) is 21.4. The topological polar surface area (TPSA) is 56.8 Å². The summed E-state index contributed by atoms with van der Waals surface area (Å²) in [4.78, 5) is 0. The number of para-hydroxylation sites is 2. The summed E-state index contributed by atoms with van der Waals surface area (Å²) in [7, 11) is -4.07. The lowest BCUT2D eigenvalue weighted by Gasteiger charge is -2.23. The second-order valence-electron chi connectivity index (χ2n) is 6.72. The second kappa shape index (κ2) is 10.1. The van der Waals surface area contributed by atoms with E-state index in [0.717, 1.165) is 11.1 Å². The van der Waals surface area contributed by atoms with Crippen molar-refractivity contribution in [3.8, 4) is 11.5 Å². The summed E-state index contributed by atoms with van der Waals surface area (Å²) in [5, 5.41) is 0. The molecule has 0 atom stereocenters. The van der Waals surface area contributed by atoms with Gasteiger partial charge in [0.1, 0.15) is 11.5 Å². The van der Waals surface area contributed by atoms with Crippen molar-refractivity contribution in [2.75, 3.05) is 0 Å². The minimum atomic E-state index is -4.07. The smallest absolute Gasteiger partial charge is 0.394 e. The van der Waals surface area contributed by atoms with E-state index >= 15 is 0 Å². The van der Waals surface area contributed by atoms with E-state index in [0.29, 0.717) is 11.5 Å². The Morgan fingerprint density at radius 3 is 1.29 bits per heavy atom. The zero-order valence-corrected chi connectivity index (χ0v) is 17.6. The van der Waals surface area contributed by atoms with E-state index in [1.807, 2.05) is 72.8 Å². The second-order valence-corrected chi connectivity index (χ2v) is 8.16. The molecular weight excluding hydrogens is 409 g/mol. The Balaban J connectivity index is 1.61. The van der Waals surface area contributed by atoms with Crippen LogP contribution in [0.2, 0.25) is 0 Å². The predicted octanol–water partition coefficient (Wildman–Crippen LogP) is 6.56. The van der Waals surface area contributed by atoms with Gasteiger partial charge in [0.2, 0.25) is 0 Å². The SMILES string of the molecule is O=P(ONC(c1ccccc1)c1ccccc1)(Oc1ccccc1)Oc1ccccc1. The van der Waals surface area contributed by atoms with Gasteiger partial charge in [0.25, 0.3) is 0 Å². The molecule has 0 bridgehead atoms. The number of phosphoric ester groups is 1. The van der Waals surface area contributed by atoms with Crippen LogP contribution < -0.4 is 14.5 Å².